The maximum atomic E-state index is 12.4. The molecule has 7 nitrogen and oxygen atoms in total. The number of nitrogens with two attached hydrogens (primary N) is 1. The first-order chi connectivity index (χ1) is 11.0. The van der Waals surface area contributed by atoms with Crippen LogP contribution in [0.3, 0.4) is 0 Å². The Bertz CT molecular complexity index is 566. The number of amides is 1. The fourth-order valence-corrected chi connectivity index (χ4v) is 2.85. The number of carbonyl (C=O) groups is 1. The number of rotatable bonds is 6. The lowest BCUT2D eigenvalue weighted by molar-refractivity contribution is -0.136. The first kappa shape index (κ1) is 20.5. The molecule has 1 aliphatic heterocycles. The second kappa shape index (κ2) is 9.08. The van der Waals surface area contributed by atoms with Crippen LogP contribution in [0.5, 0.6) is 11.5 Å². The number of hydrogen-bond donors (Lipinski definition) is 2. The van der Waals surface area contributed by atoms with Crippen molar-refractivity contribution >= 4 is 18.3 Å². The lowest BCUT2D eigenvalue weighted by atomic mass is 9.95. The van der Waals surface area contributed by atoms with Crippen molar-refractivity contribution in [2.75, 3.05) is 34.4 Å². The SMILES string of the molecule is COc1ccc(OC)c2c1CN(C(=O)CC(CN)OC)CC2O.Cl. The number of halogens is 1. The molecule has 0 saturated heterocycles. The van der Waals surface area contributed by atoms with Crippen LogP contribution >= 0.6 is 12.4 Å². The van der Waals surface area contributed by atoms with Crippen molar-refractivity contribution in [3.63, 3.8) is 0 Å². The van der Waals surface area contributed by atoms with Crippen LogP contribution in [-0.4, -0.2) is 56.4 Å². The second-order valence-corrected chi connectivity index (χ2v) is 5.45. The van der Waals surface area contributed by atoms with E-state index in [9.17, 15) is 9.90 Å². The van der Waals surface area contributed by atoms with Crippen LogP contribution in [-0.2, 0) is 16.1 Å². The average Bonchev–Trinajstić information content (AvgIpc) is 2.58. The van der Waals surface area contributed by atoms with E-state index < -0.39 is 6.10 Å². The molecule has 1 aromatic carbocycles. The zero-order valence-corrected chi connectivity index (χ0v) is 15.0. The van der Waals surface area contributed by atoms with Gasteiger partial charge in [-0.2, -0.15) is 0 Å². The van der Waals surface area contributed by atoms with Gasteiger partial charge in [-0.25, -0.2) is 0 Å². The van der Waals surface area contributed by atoms with Crippen LogP contribution in [0.15, 0.2) is 12.1 Å². The molecule has 0 saturated carbocycles. The monoisotopic (exact) mass is 360 g/mol. The minimum Gasteiger partial charge on any atom is -0.496 e. The molecule has 1 aromatic rings. The second-order valence-electron chi connectivity index (χ2n) is 5.45. The Balaban J connectivity index is 0.00000288. The number of β-amino-alcohol motifs (C(OH)–C–C–N with tert-alkyl or cyclic N) is 1. The van der Waals surface area contributed by atoms with Crippen molar-refractivity contribution in [2.24, 2.45) is 5.73 Å². The molecule has 136 valence electrons. The molecule has 1 heterocycles. The molecule has 8 heteroatoms. The summed E-state index contributed by atoms with van der Waals surface area (Å²) < 4.78 is 15.8. The third kappa shape index (κ3) is 4.10. The molecule has 0 aromatic heterocycles. The van der Waals surface area contributed by atoms with Gasteiger partial charge in [-0.05, 0) is 12.1 Å². The number of benzene rings is 1. The summed E-state index contributed by atoms with van der Waals surface area (Å²) >= 11 is 0. The fraction of sp³-hybridized carbons (Fsp3) is 0.562. The lowest BCUT2D eigenvalue weighted by Crippen LogP contribution is -2.41. The van der Waals surface area contributed by atoms with Gasteiger partial charge >= 0.3 is 0 Å². The Morgan fingerprint density at radius 2 is 1.96 bits per heavy atom. The van der Waals surface area contributed by atoms with E-state index >= 15 is 0 Å². The van der Waals surface area contributed by atoms with Crippen molar-refractivity contribution in [1.82, 2.24) is 4.90 Å². The maximum absolute atomic E-state index is 12.4. The van der Waals surface area contributed by atoms with Crippen molar-refractivity contribution < 1.29 is 24.1 Å². The van der Waals surface area contributed by atoms with Crippen LogP contribution in [0.4, 0.5) is 0 Å². The van der Waals surface area contributed by atoms with E-state index in [1.807, 2.05) is 0 Å². The van der Waals surface area contributed by atoms with Crippen molar-refractivity contribution in [2.45, 2.75) is 25.2 Å². The van der Waals surface area contributed by atoms with Gasteiger partial charge in [0.2, 0.25) is 5.91 Å². The van der Waals surface area contributed by atoms with Gasteiger partial charge in [0.1, 0.15) is 17.6 Å². The molecule has 2 unspecified atom stereocenters. The molecule has 2 rings (SSSR count). The maximum Gasteiger partial charge on any atom is 0.225 e. The van der Waals surface area contributed by atoms with Gasteiger partial charge in [0.15, 0.2) is 0 Å². The van der Waals surface area contributed by atoms with Crippen molar-refractivity contribution in [3.8, 4) is 11.5 Å². The Morgan fingerprint density at radius 1 is 1.33 bits per heavy atom. The summed E-state index contributed by atoms with van der Waals surface area (Å²) in [6.07, 6.45) is -0.971. The minimum atomic E-state index is -0.827. The van der Waals surface area contributed by atoms with Gasteiger partial charge < -0.3 is 30.0 Å². The van der Waals surface area contributed by atoms with Crippen LogP contribution < -0.4 is 15.2 Å². The third-order valence-corrected chi connectivity index (χ3v) is 4.14. The Morgan fingerprint density at radius 3 is 2.50 bits per heavy atom. The van der Waals surface area contributed by atoms with E-state index in [2.05, 4.69) is 0 Å². The molecule has 1 amide bonds. The standard InChI is InChI=1S/C16H24N2O5.ClH/c1-21-10(7-17)6-15(20)18-8-11-13(22-2)4-5-14(23-3)16(11)12(19)9-18;/h4-5,10,12,19H,6-9,17H2,1-3H3;1H. The highest BCUT2D eigenvalue weighted by Gasteiger charge is 2.32. The highest BCUT2D eigenvalue weighted by Crippen LogP contribution is 2.39. The average molecular weight is 361 g/mol. The number of fused-ring (bicyclic) bond motifs is 1. The van der Waals surface area contributed by atoms with Crippen LogP contribution in [0, 0.1) is 0 Å². The van der Waals surface area contributed by atoms with E-state index in [1.54, 1.807) is 31.3 Å². The fourth-order valence-electron chi connectivity index (χ4n) is 2.85. The first-order valence-corrected chi connectivity index (χ1v) is 7.48. The predicted octanol–water partition coefficient (Wildman–Crippen LogP) is 0.865. The molecule has 0 aliphatic carbocycles. The third-order valence-electron chi connectivity index (χ3n) is 4.14. The lowest BCUT2D eigenvalue weighted by Gasteiger charge is -2.34. The minimum absolute atomic E-state index is 0. The summed E-state index contributed by atoms with van der Waals surface area (Å²) in [5, 5.41) is 10.5. The van der Waals surface area contributed by atoms with Gasteiger partial charge in [-0.15, -0.1) is 12.4 Å². The zero-order chi connectivity index (χ0) is 17.0. The quantitative estimate of drug-likeness (QED) is 0.781. The van der Waals surface area contributed by atoms with Gasteiger partial charge in [-0.1, -0.05) is 0 Å². The van der Waals surface area contributed by atoms with E-state index in [1.165, 1.54) is 7.11 Å². The van der Waals surface area contributed by atoms with Gasteiger partial charge in [0, 0.05) is 31.3 Å². The Labute approximate surface area is 148 Å². The topological polar surface area (TPSA) is 94.3 Å². The van der Waals surface area contributed by atoms with Crippen LogP contribution in [0.25, 0.3) is 0 Å². The molecule has 0 radical (unpaired) electrons. The van der Waals surface area contributed by atoms with E-state index in [0.29, 0.717) is 23.6 Å². The van der Waals surface area contributed by atoms with E-state index in [4.69, 9.17) is 19.9 Å². The van der Waals surface area contributed by atoms with Crippen molar-refractivity contribution in [1.29, 1.82) is 0 Å². The molecule has 1 aliphatic rings. The number of methoxy groups -OCH3 is 3. The highest BCUT2D eigenvalue weighted by atomic mass is 35.5. The summed E-state index contributed by atoms with van der Waals surface area (Å²) in [6, 6.07) is 3.53. The zero-order valence-electron chi connectivity index (χ0n) is 14.2. The molecule has 0 spiro atoms. The number of ether oxygens (including phenoxy) is 3. The summed E-state index contributed by atoms with van der Waals surface area (Å²) in [5.74, 6) is 1.11. The van der Waals surface area contributed by atoms with Crippen LogP contribution in [0.1, 0.15) is 23.7 Å². The Hall–Kier alpha value is -1.54. The molecule has 2 atom stereocenters. The van der Waals surface area contributed by atoms with Gasteiger partial charge in [-0.3, -0.25) is 4.79 Å². The molecule has 0 bridgehead atoms. The number of carbonyl (C=O) groups excluding carboxylic acids is 1. The molecule has 24 heavy (non-hydrogen) atoms. The number of hydrogen-bond acceptors (Lipinski definition) is 6. The van der Waals surface area contributed by atoms with Gasteiger partial charge in [0.25, 0.3) is 0 Å². The first-order valence-electron chi connectivity index (χ1n) is 7.48. The van der Waals surface area contributed by atoms with Gasteiger partial charge in [0.05, 0.1) is 33.3 Å². The largest absolute Gasteiger partial charge is 0.496 e. The molecular formula is C16H25ClN2O5. The Kier molecular flexibility index (Phi) is 7.75. The normalized spacial score (nSPS) is 17.5. The highest BCUT2D eigenvalue weighted by molar-refractivity contribution is 5.85. The number of nitrogens with zero attached hydrogens (tertiary/aromatic N) is 1. The summed E-state index contributed by atoms with van der Waals surface area (Å²) in [4.78, 5) is 14.0. The van der Waals surface area contributed by atoms with Crippen LogP contribution in [0.2, 0.25) is 0 Å². The summed E-state index contributed by atoms with van der Waals surface area (Å²) in [7, 11) is 4.64. The predicted molar refractivity (Wildman–Crippen MR) is 91.6 cm³/mol. The molecule has 3 N–H and O–H groups in total. The summed E-state index contributed by atoms with van der Waals surface area (Å²) in [6.45, 7) is 0.829. The summed E-state index contributed by atoms with van der Waals surface area (Å²) in [5.41, 5.74) is 7.01. The van der Waals surface area contributed by atoms with E-state index in [0.717, 1.165) is 5.56 Å². The molecule has 0 fully saturated rings. The molecular weight excluding hydrogens is 336 g/mol. The van der Waals surface area contributed by atoms with Crippen molar-refractivity contribution in [3.05, 3.63) is 23.3 Å². The smallest absolute Gasteiger partial charge is 0.225 e. The number of aliphatic hydroxyl groups is 1. The number of aliphatic hydroxyl groups excluding tert-OH is 1. The van der Waals surface area contributed by atoms with E-state index in [-0.39, 0.29) is 43.9 Å².